The molecule has 1 amide bonds. The first-order chi connectivity index (χ1) is 13.8. The van der Waals surface area contributed by atoms with Crippen LogP contribution in [0.25, 0.3) is 0 Å². The van der Waals surface area contributed by atoms with Crippen molar-refractivity contribution in [1.82, 2.24) is 5.32 Å². The Morgan fingerprint density at radius 3 is 2.17 bits per heavy atom. The number of carboxylic acid groups (broad SMARTS) is 1. The largest absolute Gasteiger partial charge is 0.478 e. The molecule has 1 unspecified atom stereocenters. The quantitative estimate of drug-likeness (QED) is 0.398. The molecule has 1 rings (SSSR count). The molecule has 0 aliphatic rings. The number of carbonyl (C=O) groups is 3. The number of aliphatic carboxylic acids is 1. The summed E-state index contributed by atoms with van der Waals surface area (Å²) in [6.07, 6.45) is -1.17. The van der Waals surface area contributed by atoms with Gasteiger partial charge in [0.1, 0.15) is 12.6 Å². The topological polar surface area (TPSA) is 122 Å². The van der Waals surface area contributed by atoms with Crippen molar-refractivity contribution in [3.8, 4) is 0 Å². The molecule has 166 valence electrons. The van der Waals surface area contributed by atoms with Crippen molar-refractivity contribution in [2.24, 2.45) is 5.41 Å². The highest BCUT2D eigenvalue weighted by Gasteiger charge is 2.60. The van der Waals surface area contributed by atoms with Gasteiger partial charge in [0.05, 0.1) is 21.7 Å². The first-order valence-electron chi connectivity index (χ1n) is 8.92. The second kappa shape index (κ2) is 10.1. The van der Waals surface area contributed by atoms with Crippen LogP contribution in [0, 0.1) is 5.41 Å². The fraction of sp³-hybridized carbons (Fsp3) is 0.450. The lowest BCUT2D eigenvalue weighted by Gasteiger charge is -2.46. The number of ether oxygens (including phenoxy) is 2. The van der Waals surface area contributed by atoms with E-state index in [2.05, 4.69) is 11.9 Å². The number of aliphatic hydroxyl groups is 1. The molecular formula is C20H25Cl2NO7. The van der Waals surface area contributed by atoms with Gasteiger partial charge in [0.15, 0.2) is 0 Å². The van der Waals surface area contributed by atoms with E-state index in [0.29, 0.717) is 0 Å². The van der Waals surface area contributed by atoms with Crippen LogP contribution in [0.4, 0.5) is 4.79 Å². The third kappa shape index (κ3) is 5.44. The Hall–Kier alpha value is -2.29. The van der Waals surface area contributed by atoms with Gasteiger partial charge in [-0.25, -0.2) is 14.4 Å². The highest BCUT2D eigenvalue weighted by Crippen LogP contribution is 2.40. The summed E-state index contributed by atoms with van der Waals surface area (Å²) in [5.41, 5.74) is -3.97. The molecule has 0 spiro atoms. The predicted octanol–water partition coefficient (Wildman–Crippen LogP) is 3.68. The van der Waals surface area contributed by atoms with E-state index in [1.54, 1.807) is 0 Å². The number of benzene rings is 1. The molecule has 8 nitrogen and oxygen atoms in total. The van der Waals surface area contributed by atoms with Crippen LogP contribution in [-0.2, 0) is 14.3 Å². The molecule has 0 aliphatic heterocycles. The highest BCUT2D eigenvalue weighted by atomic mass is 35.5. The molecular weight excluding hydrogens is 437 g/mol. The molecule has 30 heavy (non-hydrogen) atoms. The van der Waals surface area contributed by atoms with Gasteiger partial charge in [0.25, 0.3) is 0 Å². The molecule has 1 aromatic rings. The maximum atomic E-state index is 12.9. The number of esters is 1. The van der Waals surface area contributed by atoms with E-state index in [-0.39, 0.29) is 22.2 Å². The van der Waals surface area contributed by atoms with Crippen LogP contribution < -0.4 is 5.32 Å². The average molecular weight is 462 g/mol. The zero-order valence-corrected chi connectivity index (χ0v) is 18.6. The molecule has 0 saturated carbocycles. The monoisotopic (exact) mass is 461 g/mol. The Balaban J connectivity index is 3.55. The van der Waals surface area contributed by atoms with Crippen LogP contribution in [0.2, 0.25) is 10.0 Å². The summed E-state index contributed by atoms with van der Waals surface area (Å²) >= 11 is 12.1. The molecule has 0 saturated heterocycles. The first kappa shape index (κ1) is 25.7. The number of hydrogen-bond donors (Lipinski definition) is 3. The summed E-state index contributed by atoms with van der Waals surface area (Å²) in [5.74, 6) is -2.73. The number of halogens is 2. The first-order valence-corrected chi connectivity index (χ1v) is 9.68. The molecule has 1 aromatic carbocycles. The van der Waals surface area contributed by atoms with Crippen molar-refractivity contribution >= 4 is 41.2 Å². The van der Waals surface area contributed by atoms with Gasteiger partial charge in [0, 0.05) is 5.41 Å². The van der Waals surface area contributed by atoms with E-state index in [4.69, 9.17) is 32.7 Å². The minimum absolute atomic E-state index is 0.0485. The molecule has 0 fully saturated rings. The third-order valence-electron chi connectivity index (χ3n) is 4.38. The number of amides is 1. The van der Waals surface area contributed by atoms with Crippen LogP contribution in [0.15, 0.2) is 30.9 Å². The Kier molecular flexibility index (Phi) is 8.71. The minimum Gasteiger partial charge on any atom is -0.478 e. The molecule has 0 radical (unpaired) electrons. The van der Waals surface area contributed by atoms with Crippen LogP contribution in [-0.4, -0.2) is 52.6 Å². The van der Waals surface area contributed by atoms with Gasteiger partial charge in [-0.15, -0.1) is 0 Å². The van der Waals surface area contributed by atoms with E-state index < -0.39 is 41.2 Å². The normalized spacial score (nSPS) is 15.3. The fourth-order valence-corrected chi connectivity index (χ4v) is 3.49. The molecule has 10 heteroatoms. The van der Waals surface area contributed by atoms with Crippen molar-refractivity contribution in [3.05, 3.63) is 46.5 Å². The lowest BCUT2D eigenvalue weighted by molar-refractivity contribution is -0.183. The van der Waals surface area contributed by atoms with E-state index in [0.717, 1.165) is 0 Å². The van der Waals surface area contributed by atoms with Crippen molar-refractivity contribution in [1.29, 1.82) is 0 Å². The Labute approximate surface area is 184 Å². The Morgan fingerprint density at radius 2 is 1.77 bits per heavy atom. The second-order valence-corrected chi connectivity index (χ2v) is 8.34. The minimum atomic E-state index is -2.42. The smallest absolute Gasteiger partial charge is 0.407 e. The highest BCUT2D eigenvalue weighted by molar-refractivity contribution is 6.39. The van der Waals surface area contributed by atoms with Crippen LogP contribution in [0.3, 0.4) is 0 Å². The average Bonchev–Trinajstić information content (AvgIpc) is 2.61. The summed E-state index contributed by atoms with van der Waals surface area (Å²) in [5, 5.41) is 22.7. The zero-order chi connectivity index (χ0) is 23.3. The van der Waals surface area contributed by atoms with Gasteiger partial charge >= 0.3 is 18.0 Å². The van der Waals surface area contributed by atoms with Crippen LogP contribution in [0.5, 0.6) is 0 Å². The predicted molar refractivity (Wildman–Crippen MR) is 112 cm³/mol. The number of aliphatic hydroxyl groups excluding tert-OH is 1. The van der Waals surface area contributed by atoms with Gasteiger partial charge in [-0.05, 0) is 19.1 Å². The Morgan fingerprint density at radius 1 is 1.23 bits per heavy atom. The molecule has 0 bridgehead atoms. The number of carboxylic acids is 1. The lowest BCUT2D eigenvalue weighted by Crippen LogP contribution is -2.69. The fourth-order valence-electron chi connectivity index (χ4n) is 2.94. The van der Waals surface area contributed by atoms with Gasteiger partial charge < -0.3 is 25.0 Å². The third-order valence-corrected chi connectivity index (χ3v) is 5.01. The molecule has 0 aromatic heterocycles. The zero-order valence-electron chi connectivity index (χ0n) is 17.1. The van der Waals surface area contributed by atoms with Crippen LogP contribution >= 0.6 is 23.2 Å². The second-order valence-electron chi connectivity index (χ2n) is 7.53. The van der Waals surface area contributed by atoms with Gasteiger partial charge in [-0.2, -0.15) is 0 Å². The lowest BCUT2D eigenvalue weighted by atomic mass is 9.70. The van der Waals surface area contributed by atoms with E-state index in [1.807, 2.05) is 0 Å². The number of rotatable bonds is 8. The maximum Gasteiger partial charge on any atom is 0.407 e. The summed E-state index contributed by atoms with van der Waals surface area (Å²) in [6.45, 7) is 8.95. The van der Waals surface area contributed by atoms with Gasteiger partial charge in [-0.1, -0.05) is 62.7 Å². The summed E-state index contributed by atoms with van der Waals surface area (Å²) < 4.78 is 10.3. The van der Waals surface area contributed by atoms with Gasteiger partial charge in [0.2, 0.25) is 5.60 Å². The Bertz CT molecular complexity index is 800. The summed E-state index contributed by atoms with van der Waals surface area (Å²) in [6, 6.07) is 2.70. The van der Waals surface area contributed by atoms with Crippen molar-refractivity contribution in [2.45, 2.75) is 45.4 Å². The van der Waals surface area contributed by atoms with Crippen LogP contribution in [0.1, 0.15) is 38.1 Å². The summed E-state index contributed by atoms with van der Waals surface area (Å²) in [7, 11) is 0. The van der Waals surface area contributed by atoms with Crippen molar-refractivity contribution < 1.29 is 34.1 Å². The van der Waals surface area contributed by atoms with E-state index in [1.165, 1.54) is 52.0 Å². The van der Waals surface area contributed by atoms with E-state index >= 15 is 0 Å². The standard InChI is InChI=1S/C20H25Cl2NO7/c1-6-10-29-18(28)23-15(11(2)24)20(17(26)27,19(3,4)5)30-16(25)14-12(21)8-7-9-13(14)22/h6-9,11,15,24H,1,10H2,2-5H3,(H,23,28)(H,26,27)/t11?,15-,20-/m0/s1. The van der Waals surface area contributed by atoms with Gasteiger partial charge in [-0.3, -0.25) is 0 Å². The molecule has 3 atom stereocenters. The number of alkyl carbamates (subject to hydrolysis) is 1. The number of carbonyl (C=O) groups excluding carboxylic acids is 2. The SMILES string of the molecule is C=CCOC(=O)N[C@@H](C(C)O)[C@](OC(=O)c1c(Cl)cccc1Cl)(C(=O)O)C(C)(C)C. The summed E-state index contributed by atoms with van der Waals surface area (Å²) in [4.78, 5) is 37.5. The van der Waals surface area contributed by atoms with Crippen molar-refractivity contribution in [3.63, 3.8) is 0 Å². The van der Waals surface area contributed by atoms with E-state index in [9.17, 15) is 24.6 Å². The molecule has 0 heterocycles. The number of nitrogens with one attached hydrogen (secondary N) is 1. The number of hydrogen-bond acceptors (Lipinski definition) is 6. The molecule has 0 aliphatic carbocycles. The molecule has 3 N–H and O–H groups in total. The maximum absolute atomic E-state index is 12.9. The van der Waals surface area contributed by atoms with Crippen molar-refractivity contribution in [2.75, 3.05) is 6.61 Å².